The zero-order valence-corrected chi connectivity index (χ0v) is 12.4. The van der Waals surface area contributed by atoms with Gasteiger partial charge in [-0.15, -0.1) is 0 Å². The molecule has 7 nitrogen and oxygen atoms in total. The minimum atomic E-state index is -3.77. The van der Waals surface area contributed by atoms with Gasteiger partial charge in [-0.05, 0) is 31.0 Å². The molecule has 114 valence electrons. The van der Waals surface area contributed by atoms with E-state index >= 15 is 0 Å². The fraction of sp³-hybridized carbons (Fsp3) is 0.308. The molecular weight excluding hydrogens is 290 g/mol. The highest BCUT2D eigenvalue weighted by molar-refractivity contribution is 7.89. The molecule has 0 bridgehead atoms. The highest BCUT2D eigenvalue weighted by Crippen LogP contribution is 2.21. The van der Waals surface area contributed by atoms with Crippen LogP contribution in [0.1, 0.15) is 12.8 Å². The van der Waals surface area contributed by atoms with Crippen LogP contribution in [0.5, 0.6) is 0 Å². The van der Waals surface area contributed by atoms with Crippen LogP contribution in [0.2, 0.25) is 0 Å². The summed E-state index contributed by atoms with van der Waals surface area (Å²) >= 11 is 0. The highest BCUT2D eigenvalue weighted by atomic mass is 32.2. The van der Waals surface area contributed by atoms with Gasteiger partial charge in [-0.1, -0.05) is 0 Å². The number of sulfonamides is 1. The molecule has 0 amide bonds. The molecule has 0 radical (unpaired) electrons. The third-order valence-corrected chi connectivity index (χ3v) is 4.03. The third kappa shape index (κ3) is 4.47. The van der Waals surface area contributed by atoms with E-state index in [9.17, 15) is 8.42 Å². The average molecular weight is 309 g/mol. The Balaban J connectivity index is 1.80. The summed E-state index contributed by atoms with van der Waals surface area (Å²) in [6.07, 6.45) is 7.48. The minimum absolute atomic E-state index is 0.0480. The maximum atomic E-state index is 11.2. The van der Waals surface area contributed by atoms with Crippen LogP contribution in [-0.4, -0.2) is 24.5 Å². The number of hydrogen-bond acceptors (Lipinski definition) is 5. The van der Waals surface area contributed by atoms with Crippen molar-refractivity contribution < 1.29 is 8.42 Å². The number of unbranched alkanes of at least 4 members (excludes halogenated alkanes) is 1. The summed E-state index contributed by atoms with van der Waals surface area (Å²) < 4.78 is 24.5. The zero-order chi connectivity index (χ0) is 15.3. The Morgan fingerprint density at radius 3 is 2.71 bits per heavy atom. The molecule has 1 heterocycles. The van der Waals surface area contributed by atoms with Gasteiger partial charge in [0.2, 0.25) is 10.0 Å². The summed E-state index contributed by atoms with van der Waals surface area (Å²) in [5.74, 6) is 0. The SMILES string of the molecule is Nc1cc(NCCCCn2ccnc2)ccc1S(N)(=O)=O. The van der Waals surface area contributed by atoms with Gasteiger partial charge >= 0.3 is 0 Å². The Morgan fingerprint density at radius 2 is 2.10 bits per heavy atom. The van der Waals surface area contributed by atoms with Crippen molar-refractivity contribution in [2.45, 2.75) is 24.3 Å². The molecule has 2 aromatic rings. The number of nitrogens with one attached hydrogen (secondary N) is 1. The predicted molar refractivity (Wildman–Crippen MR) is 82.2 cm³/mol. The second kappa shape index (κ2) is 6.59. The molecule has 1 aromatic heterocycles. The van der Waals surface area contributed by atoms with Crippen molar-refractivity contribution in [1.82, 2.24) is 9.55 Å². The number of anilines is 2. The summed E-state index contributed by atoms with van der Waals surface area (Å²) in [6.45, 7) is 1.71. The minimum Gasteiger partial charge on any atom is -0.398 e. The van der Waals surface area contributed by atoms with Crippen LogP contribution in [-0.2, 0) is 16.6 Å². The summed E-state index contributed by atoms with van der Waals surface area (Å²) in [5.41, 5.74) is 6.63. The molecule has 2 rings (SSSR count). The second-order valence-electron chi connectivity index (χ2n) is 4.73. The number of aromatic nitrogens is 2. The Bertz CT molecular complexity index is 683. The van der Waals surface area contributed by atoms with Crippen molar-refractivity contribution in [3.8, 4) is 0 Å². The van der Waals surface area contributed by atoms with Gasteiger partial charge < -0.3 is 15.6 Å². The maximum Gasteiger partial charge on any atom is 0.240 e. The number of hydrogen-bond donors (Lipinski definition) is 3. The summed E-state index contributed by atoms with van der Waals surface area (Å²) in [5, 5.41) is 8.26. The Hall–Kier alpha value is -2.06. The van der Waals surface area contributed by atoms with E-state index in [1.54, 1.807) is 24.7 Å². The molecule has 0 unspecified atom stereocenters. The molecule has 0 saturated heterocycles. The molecule has 5 N–H and O–H groups in total. The van der Waals surface area contributed by atoms with Gasteiger partial charge in [-0.3, -0.25) is 0 Å². The molecule has 0 fully saturated rings. The van der Waals surface area contributed by atoms with E-state index < -0.39 is 10.0 Å². The summed E-state index contributed by atoms with van der Waals surface area (Å²) in [6, 6.07) is 4.65. The lowest BCUT2D eigenvalue weighted by molar-refractivity contribution is 0.598. The Morgan fingerprint density at radius 1 is 1.29 bits per heavy atom. The summed E-state index contributed by atoms with van der Waals surface area (Å²) in [4.78, 5) is 3.93. The van der Waals surface area contributed by atoms with Gasteiger partial charge in [0.05, 0.1) is 12.0 Å². The lowest BCUT2D eigenvalue weighted by Crippen LogP contribution is -2.14. The van der Waals surface area contributed by atoms with Crippen LogP contribution >= 0.6 is 0 Å². The number of nitrogen functional groups attached to an aromatic ring is 1. The first-order valence-electron chi connectivity index (χ1n) is 6.59. The monoisotopic (exact) mass is 309 g/mol. The second-order valence-corrected chi connectivity index (χ2v) is 6.26. The number of aryl methyl sites for hydroxylation is 1. The zero-order valence-electron chi connectivity index (χ0n) is 11.6. The van der Waals surface area contributed by atoms with E-state index in [4.69, 9.17) is 10.9 Å². The van der Waals surface area contributed by atoms with Crippen molar-refractivity contribution in [1.29, 1.82) is 0 Å². The lowest BCUT2D eigenvalue weighted by atomic mass is 10.2. The number of nitrogens with two attached hydrogens (primary N) is 2. The number of rotatable bonds is 7. The van der Waals surface area contributed by atoms with Gasteiger partial charge in [0, 0.05) is 31.2 Å². The van der Waals surface area contributed by atoms with Crippen LogP contribution in [0.4, 0.5) is 11.4 Å². The largest absolute Gasteiger partial charge is 0.398 e. The maximum absolute atomic E-state index is 11.2. The van der Waals surface area contributed by atoms with E-state index in [0.717, 1.165) is 31.6 Å². The van der Waals surface area contributed by atoms with Gasteiger partial charge in [0.1, 0.15) is 4.90 Å². The first kappa shape index (κ1) is 15.3. The van der Waals surface area contributed by atoms with E-state index in [-0.39, 0.29) is 10.6 Å². The standard InChI is InChI=1S/C13H19N5O2S/c14-12-9-11(3-4-13(12)21(15,19)20)17-5-1-2-7-18-8-6-16-10-18/h3-4,6,8-10,17H,1-2,5,7,14H2,(H2,15,19,20). The van der Waals surface area contributed by atoms with Crippen molar-refractivity contribution in [3.63, 3.8) is 0 Å². The number of nitrogens with zero attached hydrogens (tertiary/aromatic N) is 2. The average Bonchev–Trinajstić information content (AvgIpc) is 2.90. The molecule has 1 aromatic carbocycles. The molecule has 0 spiro atoms. The molecule has 0 aliphatic heterocycles. The molecule has 0 aliphatic carbocycles. The number of primary sulfonamides is 1. The van der Waals surface area contributed by atoms with Gasteiger partial charge in [0.15, 0.2) is 0 Å². The normalized spacial score (nSPS) is 11.5. The van der Waals surface area contributed by atoms with E-state index in [1.807, 2.05) is 10.8 Å². The van der Waals surface area contributed by atoms with Gasteiger partial charge in [-0.2, -0.15) is 0 Å². The molecule has 0 atom stereocenters. The fourth-order valence-electron chi connectivity index (χ4n) is 1.99. The van der Waals surface area contributed by atoms with Crippen molar-refractivity contribution >= 4 is 21.4 Å². The van der Waals surface area contributed by atoms with Gasteiger partial charge in [-0.25, -0.2) is 18.5 Å². The third-order valence-electron chi connectivity index (χ3n) is 3.05. The molecule has 8 heteroatoms. The van der Waals surface area contributed by atoms with Crippen molar-refractivity contribution in [2.75, 3.05) is 17.6 Å². The highest BCUT2D eigenvalue weighted by Gasteiger charge is 2.11. The molecule has 0 aliphatic rings. The van der Waals surface area contributed by atoms with E-state index in [2.05, 4.69) is 10.3 Å². The first-order chi connectivity index (χ1) is 9.97. The van der Waals surface area contributed by atoms with Crippen molar-refractivity contribution in [2.24, 2.45) is 5.14 Å². The Kier molecular flexibility index (Phi) is 4.81. The summed E-state index contributed by atoms with van der Waals surface area (Å²) in [7, 11) is -3.77. The fourth-order valence-corrected chi connectivity index (χ4v) is 2.63. The molecule has 21 heavy (non-hydrogen) atoms. The Labute approximate surface area is 124 Å². The van der Waals surface area contributed by atoms with E-state index in [1.165, 1.54) is 6.07 Å². The number of benzene rings is 1. The van der Waals surface area contributed by atoms with Crippen molar-refractivity contribution in [3.05, 3.63) is 36.9 Å². The molecular formula is C13H19N5O2S. The number of imidazole rings is 1. The lowest BCUT2D eigenvalue weighted by Gasteiger charge is -2.09. The van der Waals surface area contributed by atoms with Gasteiger partial charge in [0.25, 0.3) is 0 Å². The molecule has 0 saturated carbocycles. The quantitative estimate of drug-likeness (QED) is 0.521. The van der Waals surface area contributed by atoms with E-state index in [0.29, 0.717) is 0 Å². The van der Waals surface area contributed by atoms with Crippen LogP contribution in [0.3, 0.4) is 0 Å². The smallest absolute Gasteiger partial charge is 0.240 e. The predicted octanol–water partition coefficient (Wildman–Crippen LogP) is 1.00. The first-order valence-corrected chi connectivity index (χ1v) is 8.13. The van der Waals surface area contributed by atoms with Crippen LogP contribution in [0.25, 0.3) is 0 Å². The topological polar surface area (TPSA) is 116 Å². The van der Waals surface area contributed by atoms with Crippen LogP contribution in [0, 0.1) is 0 Å². The van der Waals surface area contributed by atoms with Crippen LogP contribution in [0.15, 0.2) is 41.8 Å². The van der Waals surface area contributed by atoms with Crippen LogP contribution < -0.4 is 16.2 Å².